The minimum Gasteiger partial charge on any atom is -0.401 e. The zero-order valence-electron chi connectivity index (χ0n) is 6.15. The fourth-order valence-electron chi connectivity index (χ4n) is 1.26. The van der Waals surface area contributed by atoms with Crippen molar-refractivity contribution in [1.29, 1.82) is 0 Å². The molecule has 0 aromatic rings. The summed E-state index contributed by atoms with van der Waals surface area (Å²) in [5.74, 6) is 0. The van der Waals surface area contributed by atoms with Crippen LogP contribution in [0.4, 0.5) is 0 Å². The molecule has 0 fully saturated rings. The second kappa shape index (κ2) is 2.29. The third-order valence-corrected chi connectivity index (χ3v) is 1.77. The minimum absolute atomic E-state index is 1.08. The molecule has 0 spiro atoms. The SMILES string of the molecule is CN(C)C1=C(N)CCC1. The molecule has 0 heterocycles. The Morgan fingerprint density at radius 1 is 1.33 bits per heavy atom. The molecule has 0 aromatic carbocycles. The average molecular weight is 126 g/mol. The van der Waals surface area contributed by atoms with E-state index in [-0.39, 0.29) is 0 Å². The van der Waals surface area contributed by atoms with E-state index in [9.17, 15) is 0 Å². The lowest BCUT2D eigenvalue weighted by atomic mass is 10.3. The molecule has 0 atom stereocenters. The molecule has 0 unspecified atom stereocenters. The summed E-state index contributed by atoms with van der Waals surface area (Å²) >= 11 is 0. The molecule has 1 rings (SSSR count). The van der Waals surface area contributed by atoms with Crippen LogP contribution in [0.15, 0.2) is 11.4 Å². The lowest BCUT2D eigenvalue weighted by Crippen LogP contribution is -2.13. The molecule has 0 bridgehead atoms. The fourth-order valence-corrected chi connectivity index (χ4v) is 1.26. The summed E-state index contributed by atoms with van der Waals surface area (Å²) in [6, 6.07) is 0. The van der Waals surface area contributed by atoms with E-state index in [1.54, 1.807) is 0 Å². The van der Waals surface area contributed by atoms with Gasteiger partial charge in [0.15, 0.2) is 0 Å². The van der Waals surface area contributed by atoms with Gasteiger partial charge in [0.2, 0.25) is 0 Å². The number of hydrogen-bond donors (Lipinski definition) is 1. The summed E-state index contributed by atoms with van der Waals surface area (Å²) in [5.41, 5.74) is 8.13. The molecule has 52 valence electrons. The van der Waals surface area contributed by atoms with Crippen LogP contribution in [0.2, 0.25) is 0 Å². The zero-order valence-corrected chi connectivity index (χ0v) is 6.15. The molecule has 0 amide bonds. The molecule has 9 heavy (non-hydrogen) atoms. The predicted molar refractivity (Wildman–Crippen MR) is 38.8 cm³/mol. The molecule has 1 aliphatic carbocycles. The Morgan fingerprint density at radius 2 is 2.00 bits per heavy atom. The molecule has 0 aromatic heterocycles. The number of rotatable bonds is 1. The first kappa shape index (κ1) is 6.46. The first-order chi connectivity index (χ1) is 4.22. The largest absolute Gasteiger partial charge is 0.401 e. The van der Waals surface area contributed by atoms with Gasteiger partial charge in [0.05, 0.1) is 0 Å². The summed E-state index contributed by atoms with van der Waals surface area (Å²) in [6.07, 6.45) is 3.49. The van der Waals surface area contributed by atoms with E-state index in [0.29, 0.717) is 0 Å². The van der Waals surface area contributed by atoms with Gasteiger partial charge in [0, 0.05) is 25.5 Å². The lowest BCUT2D eigenvalue weighted by molar-refractivity contribution is 0.492. The van der Waals surface area contributed by atoms with Crippen molar-refractivity contribution in [1.82, 2.24) is 4.90 Å². The van der Waals surface area contributed by atoms with Gasteiger partial charge in [-0.1, -0.05) is 0 Å². The van der Waals surface area contributed by atoms with Crippen molar-refractivity contribution in [3.63, 3.8) is 0 Å². The molecular weight excluding hydrogens is 112 g/mol. The first-order valence-electron chi connectivity index (χ1n) is 3.36. The second-order valence-corrected chi connectivity index (χ2v) is 2.72. The topological polar surface area (TPSA) is 29.3 Å². The monoisotopic (exact) mass is 126 g/mol. The molecule has 2 nitrogen and oxygen atoms in total. The maximum atomic E-state index is 5.72. The van der Waals surface area contributed by atoms with Crippen molar-refractivity contribution in [2.75, 3.05) is 14.1 Å². The molecule has 0 saturated heterocycles. The van der Waals surface area contributed by atoms with E-state index in [4.69, 9.17) is 5.73 Å². The van der Waals surface area contributed by atoms with Gasteiger partial charge in [-0.05, 0) is 19.3 Å². The van der Waals surface area contributed by atoms with Crippen LogP contribution >= 0.6 is 0 Å². The molecule has 0 aliphatic heterocycles. The van der Waals surface area contributed by atoms with Gasteiger partial charge in [0.1, 0.15) is 0 Å². The van der Waals surface area contributed by atoms with Crippen LogP contribution in [0, 0.1) is 0 Å². The number of nitrogens with zero attached hydrogens (tertiary/aromatic N) is 1. The van der Waals surface area contributed by atoms with Gasteiger partial charge < -0.3 is 10.6 Å². The zero-order chi connectivity index (χ0) is 6.85. The van der Waals surface area contributed by atoms with E-state index < -0.39 is 0 Å². The molecule has 0 saturated carbocycles. The van der Waals surface area contributed by atoms with Gasteiger partial charge in [-0.3, -0.25) is 0 Å². The molecule has 0 radical (unpaired) electrons. The Balaban J connectivity index is 2.66. The van der Waals surface area contributed by atoms with Crippen molar-refractivity contribution in [2.24, 2.45) is 5.73 Å². The second-order valence-electron chi connectivity index (χ2n) is 2.72. The summed E-state index contributed by atoms with van der Waals surface area (Å²) in [4.78, 5) is 2.11. The Morgan fingerprint density at radius 3 is 2.22 bits per heavy atom. The van der Waals surface area contributed by atoms with Gasteiger partial charge in [-0.15, -0.1) is 0 Å². The Labute approximate surface area is 56.3 Å². The van der Waals surface area contributed by atoms with Crippen LogP contribution < -0.4 is 5.73 Å². The molecular formula is C7H14N2. The van der Waals surface area contributed by atoms with E-state index in [0.717, 1.165) is 12.1 Å². The highest BCUT2D eigenvalue weighted by Crippen LogP contribution is 2.22. The Kier molecular flexibility index (Phi) is 1.65. The van der Waals surface area contributed by atoms with Crippen molar-refractivity contribution in [3.05, 3.63) is 11.4 Å². The first-order valence-corrected chi connectivity index (χ1v) is 3.36. The molecule has 2 heteroatoms. The number of hydrogen-bond acceptors (Lipinski definition) is 2. The molecule has 1 aliphatic rings. The summed E-state index contributed by atoms with van der Waals surface area (Å²) in [7, 11) is 4.10. The summed E-state index contributed by atoms with van der Waals surface area (Å²) < 4.78 is 0. The predicted octanol–water partition coefficient (Wildman–Crippen LogP) is 0.902. The highest BCUT2D eigenvalue weighted by molar-refractivity contribution is 5.14. The summed E-state index contributed by atoms with van der Waals surface area (Å²) in [6.45, 7) is 0. The van der Waals surface area contributed by atoms with Crippen LogP contribution in [0.3, 0.4) is 0 Å². The highest BCUT2D eigenvalue weighted by atomic mass is 15.1. The smallest absolute Gasteiger partial charge is 0.0318 e. The van der Waals surface area contributed by atoms with Crippen LogP contribution in [0.5, 0.6) is 0 Å². The molecule has 2 N–H and O–H groups in total. The van der Waals surface area contributed by atoms with E-state index >= 15 is 0 Å². The van der Waals surface area contributed by atoms with Gasteiger partial charge in [-0.25, -0.2) is 0 Å². The van der Waals surface area contributed by atoms with Crippen molar-refractivity contribution >= 4 is 0 Å². The number of nitrogens with two attached hydrogens (primary N) is 1. The fraction of sp³-hybridized carbons (Fsp3) is 0.714. The van der Waals surface area contributed by atoms with Crippen LogP contribution in [0.1, 0.15) is 19.3 Å². The van der Waals surface area contributed by atoms with E-state index in [2.05, 4.69) is 4.90 Å². The third kappa shape index (κ3) is 1.18. The van der Waals surface area contributed by atoms with Crippen LogP contribution in [0.25, 0.3) is 0 Å². The van der Waals surface area contributed by atoms with Crippen molar-refractivity contribution in [3.8, 4) is 0 Å². The maximum absolute atomic E-state index is 5.72. The quantitative estimate of drug-likeness (QED) is 0.565. The van der Waals surface area contributed by atoms with Crippen LogP contribution in [-0.2, 0) is 0 Å². The normalized spacial score (nSPS) is 18.9. The van der Waals surface area contributed by atoms with E-state index in [1.807, 2.05) is 14.1 Å². The summed E-state index contributed by atoms with van der Waals surface area (Å²) in [5, 5.41) is 0. The Hall–Kier alpha value is -0.660. The van der Waals surface area contributed by atoms with Crippen molar-refractivity contribution in [2.45, 2.75) is 19.3 Å². The highest BCUT2D eigenvalue weighted by Gasteiger charge is 2.11. The van der Waals surface area contributed by atoms with Crippen molar-refractivity contribution < 1.29 is 0 Å². The van der Waals surface area contributed by atoms with Gasteiger partial charge >= 0.3 is 0 Å². The lowest BCUT2D eigenvalue weighted by Gasteiger charge is -2.13. The maximum Gasteiger partial charge on any atom is 0.0318 e. The average Bonchev–Trinajstić information content (AvgIpc) is 2.13. The minimum atomic E-state index is 1.08. The standard InChI is InChI=1S/C7H14N2/c1-9(2)7-5-3-4-6(7)8/h3-5,8H2,1-2H3. The third-order valence-electron chi connectivity index (χ3n) is 1.77. The number of allylic oxidation sites excluding steroid dienone is 2. The van der Waals surface area contributed by atoms with Crippen LogP contribution in [-0.4, -0.2) is 19.0 Å². The Bertz CT molecular complexity index is 136. The van der Waals surface area contributed by atoms with E-state index in [1.165, 1.54) is 18.5 Å². The van der Waals surface area contributed by atoms with Gasteiger partial charge in [0.25, 0.3) is 0 Å². The van der Waals surface area contributed by atoms with Gasteiger partial charge in [-0.2, -0.15) is 0 Å².